The van der Waals surface area contributed by atoms with Gasteiger partial charge in [0.25, 0.3) is 0 Å². The molecule has 1 aliphatic carbocycles. The van der Waals surface area contributed by atoms with Crippen molar-refractivity contribution in [1.29, 1.82) is 0 Å². The molecule has 0 aromatic heterocycles. The van der Waals surface area contributed by atoms with Crippen molar-refractivity contribution >= 4 is 5.97 Å². The van der Waals surface area contributed by atoms with Crippen LogP contribution in [0.2, 0.25) is 0 Å². The van der Waals surface area contributed by atoms with Gasteiger partial charge in [-0.15, -0.1) is 0 Å². The zero-order valence-corrected chi connectivity index (χ0v) is 10.3. The Morgan fingerprint density at radius 1 is 1.35 bits per heavy atom. The van der Waals surface area contributed by atoms with Gasteiger partial charge in [-0.05, 0) is 50.3 Å². The van der Waals surface area contributed by atoms with E-state index < -0.39 is 5.97 Å². The SMILES string of the molecule is Cc1ccc(C)c(OC2CCCC2C(=O)O)c1. The Bertz CT molecular complexity index is 425. The van der Waals surface area contributed by atoms with Gasteiger partial charge in [-0.2, -0.15) is 0 Å². The number of carboxylic acids is 1. The zero-order chi connectivity index (χ0) is 12.4. The van der Waals surface area contributed by atoms with E-state index in [4.69, 9.17) is 9.84 Å². The second-order valence-electron chi connectivity index (χ2n) is 4.80. The van der Waals surface area contributed by atoms with Crippen molar-refractivity contribution in [3.63, 3.8) is 0 Å². The molecule has 3 nitrogen and oxygen atoms in total. The summed E-state index contributed by atoms with van der Waals surface area (Å²) < 4.78 is 5.88. The second-order valence-corrected chi connectivity index (χ2v) is 4.80. The maximum absolute atomic E-state index is 11.1. The van der Waals surface area contributed by atoms with Crippen molar-refractivity contribution < 1.29 is 14.6 Å². The van der Waals surface area contributed by atoms with Gasteiger partial charge in [-0.3, -0.25) is 4.79 Å². The first-order chi connectivity index (χ1) is 8.08. The van der Waals surface area contributed by atoms with E-state index in [-0.39, 0.29) is 12.0 Å². The molecule has 3 heteroatoms. The average molecular weight is 234 g/mol. The third-order valence-corrected chi connectivity index (χ3v) is 3.39. The van der Waals surface area contributed by atoms with Crippen molar-refractivity contribution in [2.24, 2.45) is 5.92 Å². The maximum atomic E-state index is 11.1. The highest BCUT2D eigenvalue weighted by Gasteiger charge is 2.34. The van der Waals surface area contributed by atoms with Gasteiger partial charge in [-0.25, -0.2) is 0 Å². The van der Waals surface area contributed by atoms with Crippen LogP contribution in [-0.2, 0) is 4.79 Å². The van der Waals surface area contributed by atoms with E-state index in [1.165, 1.54) is 0 Å². The predicted molar refractivity (Wildman–Crippen MR) is 65.3 cm³/mol. The molecule has 1 saturated carbocycles. The molecular formula is C14H18O3. The van der Waals surface area contributed by atoms with Crippen LogP contribution in [-0.4, -0.2) is 17.2 Å². The van der Waals surface area contributed by atoms with Crippen LogP contribution in [0.25, 0.3) is 0 Å². The topological polar surface area (TPSA) is 46.5 Å². The summed E-state index contributed by atoms with van der Waals surface area (Å²) >= 11 is 0. The van der Waals surface area contributed by atoms with E-state index in [9.17, 15) is 4.79 Å². The Morgan fingerprint density at radius 3 is 2.82 bits per heavy atom. The third kappa shape index (κ3) is 2.60. The van der Waals surface area contributed by atoms with Gasteiger partial charge < -0.3 is 9.84 Å². The molecule has 0 heterocycles. The Balaban J connectivity index is 2.15. The lowest BCUT2D eigenvalue weighted by Crippen LogP contribution is -2.28. The highest BCUT2D eigenvalue weighted by atomic mass is 16.5. The highest BCUT2D eigenvalue weighted by Crippen LogP contribution is 2.31. The fourth-order valence-corrected chi connectivity index (χ4v) is 2.35. The molecule has 0 saturated heterocycles. The maximum Gasteiger partial charge on any atom is 0.310 e. The van der Waals surface area contributed by atoms with Crippen LogP contribution in [0.4, 0.5) is 0 Å². The lowest BCUT2D eigenvalue weighted by Gasteiger charge is -2.19. The number of aryl methyl sites for hydroxylation is 2. The third-order valence-electron chi connectivity index (χ3n) is 3.39. The van der Waals surface area contributed by atoms with Gasteiger partial charge >= 0.3 is 5.97 Å². The van der Waals surface area contributed by atoms with Crippen LogP contribution in [0.1, 0.15) is 30.4 Å². The summed E-state index contributed by atoms with van der Waals surface area (Å²) in [6.45, 7) is 4.00. The molecule has 92 valence electrons. The molecule has 0 bridgehead atoms. The van der Waals surface area contributed by atoms with E-state index in [0.29, 0.717) is 0 Å². The summed E-state index contributed by atoms with van der Waals surface area (Å²) in [6.07, 6.45) is 2.33. The number of aliphatic carboxylic acids is 1. The molecule has 0 radical (unpaired) electrons. The summed E-state index contributed by atoms with van der Waals surface area (Å²) in [5, 5.41) is 9.11. The number of carboxylic acid groups (broad SMARTS) is 1. The normalized spacial score (nSPS) is 23.6. The van der Waals surface area contributed by atoms with Gasteiger partial charge in [0.15, 0.2) is 0 Å². The predicted octanol–water partition coefficient (Wildman–Crippen LogP) is 2.94. The first-order valence-corrected chi connectivity index (χ1v) is 6.04. The molecule has 0 spiro atoms. The Labute approximate surface area is 101 Å². The van der Waals surface area contributed by atoms with Crippen molar-refractivity contribution in [1.82, 2.24) is 0 Å². The van der Waals surface area contributed by atoms with Crippen LogP contribution in [0.15, 0.2) is 18.2 Å². The number of hydrogen-bond donors (Lipinski definition) is 1. The van der Waals surface area contributed by atoms with Gasteiger partial charge in [-0.1, -0.05) is 12.1 Å². The highest BCUT2D eigenvalue weighted by molar-refractivity contribution is 5.71. The minimum atomic E-state index is -0.738. The minimum Gasteiger partial charge on any atom is -0.489 e. The summed E-state index contributed by atoms with van der Waals surface area (Å²) in [5.41, 5.74) is 2.20. The number of rotatable bonds is 3. The first kappa shape index (κ1) is 12.0. The minimum absolute atomic E-state index is 0.173. The molecule has 2 unspecified atom stereocenters. The fourth-order valence-electron chi connectivity index (χ4n) is 2.35. The average Bonchev–Trinajstić information content (AvgIpc) is 2.71. The molecule has 1 fully saturated rings. The van der Waals surface area contributed by atoms with Crippen molar-refractivity contribution in [3.8, 4) is 5.75 Å². The summed E-state index contributed by atoms with van der Waals surface area (Å²) in [6, 6.07) is 6.02. The molecule has 0 aliphatic heterocycles. The molecule has 17 heavy (non-hydrogen) atoms. The Hall–Kier alpha value is -1.51. The molecular weight excluding hydrogens is 216 g/mol. The van der Waals surface area contributed by atoms with E-state index in [1.54, 1.807) is 0 Å². The molecule has 1 aliphatic rings. The lowest BCUT2D eigenvalue weighted by atomic mass is 10.1. The monoisotopic (exact) mass is 234 g/mol. The molecule has 2 rings (SSSR count). The Morgan fingerprint density at radius 2 is 2.12 bits per heavy atom. The van der Waals surface area contributed by atoms with E-state index in [0.717, 1.165) is 36.1 Å². The largest absolute Gasteiger partial charge is 0.489 e. The standard InChI is InChI=1S/C14H18O3/c1-9-6-7-10(2)13(8-9)17-12-5-3-4-11(12)14(15)16/h6-8,11-12H,3-5H2,1-2H3,(H,15,16). The summed E-state index contributed by atoms with van der Waals surface area (Å²) in [5.74, 6) is -0.268. The van der Waals surface area contributed by atoms with Crippen LogP contribution in [0.5, 0.6) is 5.75 Å². The molecule has 1 aromatic carbocycles. The van der Waals surface area contributed by atoms with Crippen LogP contribution in [0.3, 0.4) is 0 Å². The van der Waals surface area contributed by atoms with Crippen LogP contribution < -0.4 is 4.74 Å². The van der Waals surface area contributed by atoms with E-state index >= 15 is 0 Å². The second kappa shape index (κ2) is 4.78. The number of benzene rings is 1. The van der Waals surface area contributed by atoms with Gasteiger partial charge in [0.1, 0.15) is 11.9 Å². The number of carbonyl (C=O) groups is 1. The van der Waals surface area contributed by atoms with Crippen molar-refractivity contribution in [2.45, 2.75) is 39.2 Å². The lowest BCUT2D eigenvalue weighted by molar-refractivity contribution is -0.144. The fraction of sp³-hybridized carbons (Fsp3) is 0.500. The van der Waals surface area contributed by atoms with Gasteiger partial charge in [0.05, 0.1) is 5.92 Å². The van der Waals surface area contributed by atoms with Gasteiger partial charge in [0.2, 0.25) is 0 Å². The Kier molecular flexibility index (Phi) is 3.36. The van der Waals surface area contributed by atoms with Crippen molar-refractivity contribution in [3.05, 3.63) is 29.3 Å². The van der Waals surface area contributed by atoms with Gasteiger partial charge in [0, 0.05) is 0 Å². The van der Waals surface area contributed by atoms with Crippen molar-refractivity contribution in [2.75, 3.05) is 0 Å². The molecule has 1 aromatic rings. The zero-order valence-electron chi connectivity index (χ0n) is 10.3. The van der Waals surface area contributed by atoms with Crippen LogP contribution >= 0.6 is 0 Å². The smallest absolute Gasteiger partial charge is 0.310 e. The quantitative estimate of drug-likeness (QED) is 0.874. The van der Waals surface area contributed by atoms with Crippen LogP contribution in [0, 0.1) is 19.8 Å². The molecule has 2 atom stereocenters. The summed E-state index contributed by atoms with van der Waals surface area (Å²) in [4.78, 5) is 11.1. The van der Waals surface area contributed by atoms with E-state index in [1.807, 2.05) is 32.0 Å². The molecule has 1 N–H and O–H groups in total. The number of hydrogen-bond acceptors (Lipinski definition) is 2. The number of ether oxygens (including phenoxy) is 1. The molecule has 0 amide bonds. The first-order valence-electron chi connectivity index (χ1n) is 6.04. The summed E-state index contributed by atoms with van der Waals surface area (Å²) in [7, 11) is 0. The van der Waals surface area contributed by atoms with E-state index in [2.05, 4.69) is 0 Å².